The second-order valence-electron chi connectivity index (χ2n) is 4.29. The largest absolute Gasteiger partial charge is 0.384 e. The summed E-state index contributed by atoms with van der Waals surface area (Å²) in [4.78, 5) is 16.5. The summed E-state index contributed by atoms with van der Waals surface area (Å²) in [6, 6.07) is 2.83. The highest BCUT2D eigenvalue weighted by molar-refractivity contribution is 6.29. The molecule has 1 saturated heterocycles. The van der Waals surface area contributed by atoms with E-state index in [1.807, 2.05) is 4.90 Å². The molecular formula is C11H14ClN3O3. The minimum absolute atomic E-state index is 0.00235. The molecular weight excluding hydrogens is 258 g/mol. The third kappa shape index (κ3) is 2.70. The van der Waals surface area contributed by atoms with E-state index in [4.69, 9.17) is 16.3 Å². The smallest absolute Gasteiger partial charge is 0.311 e. The zero-order chi connectivity index (χ0) is 13.1. The monoisotopic (exact) mass is 271 g/mol. The number of ether oxygens (including phenoxy) is 1. The minimum atomic E-state index is -0.428. The van der Waals surface area contributed by atoms with E-state index in [0.29, 0.717) is 24.9 Å². The Bertz CT molecular complexity index is 455. The second-order valence-corrected chi connectivity index (χ2v) is 4.68. The van der Waals surface area contributed by atoms with E-state index in [1.54, 1.807) is 7.11 Å². The predicted molar refractivity (Wildman–Crippen MR) is 68.1 cm³/mol. The molecule has 0 radical (unpaired) electrons. The molecule has 0 amide bonds. The maximum absolute atomic E-state index is 11.0. The van der Waals surface area contributed by atoms with E-state index in [2.05, 4.69) is 4.98 Å². The average Bonchev–Trinajstić information content (AvgIpc) is 2.77. The van der Waals surface area contributed by atoms with Gasteiger partial charge in [0.15, 0.2) is 0 Å². The van der Waals surface area contributed by atoms with Crippen LogP contribution >= 0.6 is 11.6 Å². The van der Waals surface area contributed by atoms with Crippen molar-refractivity contribution in [3.05, 3.63) is 27.4 Å². The van der Waals surface area contributed by atoms with Gasteiger partial charge in [-0.15, -0.1) is 0 Å². The lowest BCUT2D eigenvalue weighted by atomic mass is 10.1. The molecule has 1 aliphatic heterocycles. The summed E-state index contributed by atoms with van der Waals surface area (Å²) >= 11 is 5.81. The Morgan fingerprint density at radius 2 is 2.44 bits per heavy atom. The maximum Gasteiger partial charge on any atom is 0.311 e. The Labute approximate surface area is 110 Å². The summed E-state index contributed by atoms with van der Waals surface area (Å²) in [5, 5.41) is 11.2. The lowest BCUT2D eigenvalue weighted by molar-refractivity contribution is -0.384. The summed E-state index contributed by atoms with van der Waals surface area (Å²) in [5.74, 6) is 0.737. The van der Waals surface area contributed by atoms with Gasteiger partial charge in [0.2, 0.25) is 5.82 Å². The van der Waals surface area contributed by atoms with Gasteiger partial charge in [0.25, 0.3) is 0 Å². The maximum atomic E-state index is 11.0. The van der Waals surface area contributed by atoms with Crippen LogP contribution in [0.5, 0.6) is 0 Å². The van der Waals surface area contributed by atoms with Crippen LogP contribution in [0.15, 0.2) is 12.1 Å². The van der Waals surface area contributed by atoms with Crippen LogP contribution < -0.4 is 4.90 Å². The lowest BCUT2D eigenvalue weighted by Gasteiger charge is -2.17. The van der Waals surface area contributed by atoms with Crippen molar-refractivity contribution >= 4 is 23.1 Å². The molecule has 1 aromatic heterocycles. The van der Waals surface area contributed by atoms with Gasteiger partial charge in [-0.05, 0) is 12.5 Å². The summed E-state index contributed by atoms with van der Waals surface area (Å²) < 4.78 is 5.10. The molecule has 0 saturated carbocycles. The summed E-state index contributed by atoms with van der Waals surface area (Å²) in [6.07, 6.45) is 0.944. The van der Waals surface area contributed by atoms with Crippen molar-refractivity contribution in [1.29, 1.82) is 0 Å². The SMILES string of the molecule is COCC1CCN(c2nc(Cl)ccc2[N+](=O)[O-])C1. The van der Waals surface area contributed by atoms with Crippen molar-refractivity contribution in [2.45, 2.75) is 6.42 Å². The molecule has 1 aliphatic rings. The van der Waals surface area contributed by atoms with Gasteiger partial charge in [-0.3, -0.25) is 10.1 Å². The summed E-state index contributed by atoms with van der Waals surface area (Å²) in [6.45, 7) is 2.11. The third-order valence-corrected chi connectivity index (χ3v) is 3.22. The van der Waals surface area contributed by atoms with Gasteiger partial charge in [-0.1, -0.05) is 11.6 Å². The molecule has 98 valence electrons. The van der Waals surface area contributed by atoms with Crippen molar-refractivity contribution in [2.75, 3.05) is 31.7 Å². The fourth-order valence-corrected chi connectivity index (χ4v) is 2.33. The van der Waals surface area contributed by atoms with Gasteiger partial charge in [0, 0.05) is 32.2 Å². The topological polar surface area (TPSA) is 68.5 Å². The standard InChI is InChI=1S/C11H14ClN3O3/c1-18-7-8-4-5-14(6-8)11-9(15(16)17)2-3-10(12)13-11/h2-3,8H,4-7H2,1H3. The first kappa shape index (κ1) is 13.0. The van der Waals surface area contributed by atoms with E-state index >= 15 is 0 Å². The summed E-state index contributed by atoms with van der Waals surface area (Å²) in [7, 11) is 1.66. The molecule has 0 N–H and O–H groups in total. The van der Waals surface area contributed by atoms with Crippen LogP contribution in [0.3, 0.4) is 0 Å². The Hall–Kier alpha value is -1.40. The highest BCUT2D eigenvalue weighted by Gasteiger charge is 2.28. The molecule has 7 heteroatoms. The van der Waals surface area contributed by atoms with Crippen LogP contribution in [0, 0.1) is 16.0 Å². The van der Waals surface area contributed by atoms with Crippen LogP contribution in [-0.4, -0.2) is 36.7 Å². The molecule has 1 unspecified atom stereocenters. The van der Waals surface area contributed by atoms with Gasteiger partial charge in [-0.2, -0.15) is 0 Å². The molecule has 0 aromatic carbocycles. The van der Waals surface area contributed by atoms with Crippen molar-refractivity contribution < 1.29 is 9.66 Å². The quantitative estimate of drug-likeness (QED) is 0.477. The number of pyridine rings is 1. The van der Waals surface area contributed by atoms with E-state index < -0.39 is 4.92 Å². The molecule has 18 heavy (non-hydrogen) atoms. The fourth-order valence-electron chi connectivity index (χ4n) is 2.19. The second kappa shape index (κ2) is 5.49. The number of methoxy groups -OCH3 is 1. The zero-order valence-corrected chi connectivity index (χ0v) is 10.8. The number of anilines is 1. The van der Waals surface area contributed by atoms with Crippen LogP contribution in [0.1, 0.15) is 6.42 Å². The van der Waals surface area contributed by atoms with E-state index in [1.165, 1.54) is 12.1 Å². The van der Waals surface area contributed by atoms with Crippen LogP contribution in [-0.2, 0) is 4.74 Å². The van der Waals surface area contributed by atoms with Crippen LogP contribution in [0.2, 0.25) is 5.15 Å². The summed E-state index contributed by atoms with van der Waals surface area (Å²) in [5.41, 5.74) is -0.00235. The number of nitro groups is 1. The van der Waals surface area contributed by atoms with E-state index in [9.17, 15) is 10.1 Å². The minimum Gasteiger partial charge on any atom is -0.384 e. The number of rotatable bonds is 4. The van der Waals surface area contributed by atoms with Gasteiger partial charge < -0.3 is 9.64 Å². The zero-order valence-electron chi connectivity index (χ0n) is 10.0. The Morgan fingerprint density at radius 3 is 3.11 bits per heavy atom. The number of hydrogen-bond donors (Lipinski definition) is 0. The molecule has 0 aliphatic carbocycles. The Kier molecular flexibility index (Phi) is 3.98. The molecule has 2 rings (SSSR count). The lowest BCUT2D eigenvalue weighted by Crippen LogP contribution is -2.23. The van der Waals surface area contributed by atoms with Gasteiger partial charge >= 0.3 is 5.69 Å². The van der Waals surface area contributed by atoms with Crippen molar-refractivity contribution in [3.8, 4) is 0 Å². The molecule has 2 heterocycles. The third-order valence-electron chi connectivity index (χ3n) is 3.00. The van der Waals surface area contributed by atoms with Gasteiger partial charge in [0.05, 0.1) is 11.5 Å². The number of hydrogen-bond acceptors (Lipinski definition) is 5. The van der Waals surface area contributed by atoms with Crippen molar-refractivity contribution in [2.24, 2.45) is 5.92 Å². The molecule has 0 spiro atoms. The highest BCUT2D eigenvalue weighted by atomic mass is 35.5. The fraction of sp³-hybridized carbons (Fsp3) is 0.545. The van der Waals surface area contributed by atoms with Crippen molar-refractivity contribution in [3.63, 3.8) is 0 Å². The predicted octanol–water partition coefficient (Wildman–Crippen LogP) is 2.12. The first-order chi connectivity index (χ1) is 8.61. The van der Waals surface area contributed by atoms with E-state index in [-0.39, 0.29) is 10.8 Å². The highest BCUT2D eigenvalue weighted by Crippen LogP contribution is 2.31. The van der Waals surface area contributed by atoms with Gasteiger partial charge in [0.1, 0.15) is 5.15 Å². The number of aromatic nitrogens is 1. The number of nitrogens with zero attached hydrogens (tertiary/aromatic N) is 3. The Morgan fingerprint density at radius 1 is 1.67 bits per heavy atom. The normalized spacial score (nSPS) is 19.2. The molecule has 1 aromatic rings. The molecule has 1 fully saturated rings. The van der Waals surface area contributed by atoms with Crippen LogP contribution in [0.25, 0.3) is 0 Å². The van der Waals surface area contributed by atoms with Gasteiger partial charge in [-0.25, -0.2) is 4.98 Å². The molecule has 0 bridgehead atoms. The number of halogens is 1. The molecule has 6 nitrogen and oxygen atoms in total. The first-order valence-corrected chi connectivity index (χ1v) is 6.04. The first-order valence-electron chi connectivity index (χ1n) is 5.66. The Balaban J connectivity index is 2.23. The molecule has 1 atom stereocenters. The van der Waals surface area contributed by atoms with E-state index in [0.717, 1.165) is 13.0 Å². The average molecular weight is 272 g/mol. The van der Waals surface area contributed by atoms with Crippen LogP contribution in [0.4, 0.5) is 11.5 Å². The van der Waals surface area contributed by atoms with Crippen molar-refractivity contribution in [1.82, 2.24) is 4.98 Å².